The van der Waals surface area contributed by atoms with Crippen LogP contribution in [0.5, 0.6) is 11.6 Å². The molecule has 0 unspecified atom stereocenters. The van der Waals surface area contributed by atoms with Crippen molar-refractivity contribution >= 4 is 5.91 Å². The van der Waals surface area contributed by atoms with E-state index in [4.69, 9.17) is 4.74 Å². The Bertz CT molecular complexity index is 1130. The lowest BCUT2D eigenvalue weighted by Gasteiger charge is -2.08. The van der Waals surface area contributed by atoms with Gasteiger partial charge in [-0.3, -0.25) is 14.8 Å². The third kappa shape index (κ3) is 4.86. The number of aromatic nitrogens is 3. The van der Waals surface area contributed by atoms with Crippen LogP contribution in [-0.2, 0) is 6.54 Å². The standard InChI is InChI=1S/C24H20N4O2/c1-17-13-19(11-12-25-17)22-9-7-18(14-26-22)15-28-24(29)20-8-10-23(27-16-20)30-21-5-3-2-4-6-21/h2-14,16H,15H2,1H3,(H,28,29). The Labute approximate surface area is 174 Å². The van der Waals surface area contributed by atoms with Crippen molar-refractivity contribution in [3.05, 3.63) is 102 Å². The van der Waals surface area contributed by atoms with Crippen molar-refractivity contribution in [2.45, 2.75) is 13.5 Å². The van der Waals surface area contributed by atoms with Gasteiger partial charge in [0, 0.05) is 42.5 Å². The maximum absolute atomic E-state index is 12.4. The summed E-state index contributed by atoms with van der Waals surface area (Å²) in [6, 6.07) is 20.5. The number of ether oxygens (including phenoxy) is 1. The van der Waals surface area contributed by atoms with Crippen LogP contribution in [0.2, 0.25) is 0 Å². The lowest BCUT2D eigenvalue weighted by molar-refractivity contribution is 0.0950. The van der Waals surface area contributed by atoms with E-state index in [1.807, 2.05) is 61.5 Å². The molecular formula is C24H20N4O2. The van der Waals surface area contributed by atoms with E-state index in [1.165, 1.54) is 6.20 Å². The highest BCUT2D eigenvalue weighted by Crippen LogP contribution is 2.19. The minimum absolute atomic E-state index is 0.206. The second-order valence-corrected chi connectivity index (χ2v) is 6.72. The summed E-state index contributed by atoms with van der Waals surface area (Å²) in [7, 11) is 0. The Morgan fingerprint density at radius 1 is 0.933 bits per heavy atom. The molecule has 0 fully saturated rings. The van der Waals surface area contributed by atoms with Crippen LogP contribution in [0.3, 0.4) is 0 Å². The highest BCUT2D eigenvalue weighted by Gasteiger charge is 2.08. The predicted octanol–water partition coefficient (Wildman–Crippen LogP) is 4.57. The number of benzene rings is 1. The molecule has 1 aromatic carbocycles. The van der Waals surface area contributed by atoms with E-state index in [-0.39, 0.29) is 5.91 Å². The first-order valence-corrected chi connectivity index (χ1v) is 9.52. The van der Waals surface area contributed by atoms with E-state index in [2.05, 4.69) is 20.3 Å². The van der Waals surface area contributed by atoms with Crippen LogP contribution in [0, 0.1) is 6.92 Å². The monoisotopic (exact) mass is 396 g/mol. The first-order chi connectivity index (χ1) is 14.7. The molecule has 0 spiro atoms. The summed E-state index contributed by atoms with van der Waals surface area (Å²) >= 11 is 0. The minimum atomic E-state index is -0.206. The molecule has 3 heterocycles. The van der Waals surface area contributed by atoms with Crippen LogP contribution < -0.4 is 10.1 Å². The van der Waals surface area contributed by atoms with E-state index in [1.54, 1.807) is 24.5 Å². The molecule has 0 atom stereocenters. The fraction of sp³-hybridized carbons (Fsp3) is 0.0833. The fourth-order valence-electron chi connectivity index (χ4n) is 2.87. The van der Waals surface area contributed by atoms with Crippen molar-refractivity contribution in [1.82, 2.24) is 20.3 Å². The van der Waals surface area contributed by atoms with Crippen LogP contribution in [-0.4, -0.2) is 20.9 Å². The molecule has 4 aromatic rings. The number of para-hydroxylation sites is 1. The lowest BCUT2D eigenvalue weighted by atomic mass is 10.1. The molecule has 0 aliphatic rings. The largest absolute Gasteiger partial charge is 0.439 e. The Hall–Kier alpha value is -4.06. The number of hydrogen-bond donors (Lipinski definition) is 1. The van der Waals surface area contributed by atoms with Crippen molar-refractivity contribution in [1.29, 1.82) is 0 Å². The first-order valence-electron chi connectivity index (χ1n) is 9.52. The SMILES string of the molecule is Cc1cc(-c2ccc(CNC(=O)c3ccc(Oc4ccccc4)nc3)cn2)ccn1. The quantitative estimate of drug-likeness (QED) is 0.517. The summed E-state index contributed by atoms with van der Waals surface area (Å²) in [5.41, 5.74) is 4.21. The number of carbonyl (C=O) groups is 1. The van der Waals surface area contributed by atoms with Crippen molar-refractivity contribution in [3.63, 3.8) is 0 Å². The van der Waals surface area contributed by atoms with Gasteiger partial charge in [0.1, 0.15) is 5.75 Å². The summed E-state index contributed by atoms with van der Waals surface area (Å²) in [4.78, 5) is 25.3. The molecule has 0 saturated carbocycles. The van der Waals surface area contributed by atoms with Crippen LogP contribution in [0.25, 0.3) is 11.3 Å². The van der Waals surface area contributed by atoms with Gasteiger partial charge in [-0.25, -0.2) is 4.98 Å². The van der Waals surface area contributed by atoms with E-state index in [0.717, 1.165) is 22.5 Å². The van der Waals surface area contributed by atoms with Crippen molar-refractivity contribution in [2.24, 2.45) is 0 Å². The van der Waals surface area contributed by atoms with Gasteiger partial charge in [0.05, 0.1) is 11.3 Å². The lowest BCUT2D eigenvalue weighted by Crippen LogP contribution is -2.22. The Kier molecular flexibility index (Phi) is 5.75. The molecule has 6 nitrogen and oxygen atoms in total. The molecule has 4 rings (SSSR count). The van der Waals surface area contributed by atoms with Crippen LogP contribution in [0.1, 0.15) is 21.6 Å². The van der Waals surface area contributed by atoms with Gasteiger partial charge in [0.25, 0.3) is 5.91 Å². The predicted molar refractivity (Wildman–Crippen MR) is 114 cm³/mol. The zero-order chi connectivity index (χ0) is 20.8. The molecule has 6 heteroatoms. The van der Waals surface area contributed by atoms with Gasteiger partial charge in [0.15, 0.2) is 0 Å². The molecule has 0 saturated heterocycles. The molecule has 30 heavy (non-hydrogen) atoms. The number of rotatable bonds is 6. The smallest absolute Gasteiger partial charge is 0.253 e. The van der Waals surface area contributed by atoms with Crippen LogP contribution >= 0.6 is 0 Å². The summed E-state index contributed by atoms with van der Waals surface area (Å²) in [5, 5.41) is 2.88. The maximum Gasteiger partial charge on any atom is 0.253 e. The highest BCUT2D eigenvalue weighted by atomic mass is 16.5. The molecule has 1 amide bonds. The number of carbonyl (C=O) groups excluding carboxylic acids is 1. The Morgan fingerprint density at radius 2 is 1.80 bits per heavy atom. The van der Waals surface area contributed by atoms with Gasteiger partial charge >= 0.3 is 0 Å². The van der Waals surface area contributed by atoms with Gasteiger partial charge in [-0.05, 0) is 48.9 Å². The average molecular weight is 396 g/mol. The number of pyridine rings is 3. The number of nitrogens with one attached hydrogen (secondary N) is 1. The summed E-state index contributed by atoms with van der Waals surface area (Å²) in [6.45, 7) is 2.33. The Morgan fingerprint density at radius 3 is 2.50 bits per heavy atom. The van der Waals surface area contributed by atoms with E-state index >= 15 is 0 Å². The third-order valence-electron chi connectivity index (χ3n) is 4.43. The second-order valence-electron chi connectivity index (χ2n) is 6.72. The first kappa shape index (κ1) is 19.3. The summed E-state index contributed by atoms with van der Waals surface area (Å²) < 4.78 is 5.64. The molecule has 0 aliphatic heterocycles. The topological polar surface area (TPSA) is 77.0 Å². The number of aryl methyl sites for hydroxylation is 1. The van der Waals surface area contributed by atoms with Gasteiger partial charge in [-0.1, -0.05) is 24.3 Å². The van der Waals surface area contributed by atoms with Crippen LogP contribution in [0.15, 0.2) is 85.3 Å². The molecule has 0 bridgehead atoms. The van der Waals surface area contributed by atoms with Crippen molar-refractivity contribution in [3.8, 4) is 22.9 Å². The second kappa shape index (κ2) is 8.96. The fourth-order valence-corrected chi connectivity index (χ4v) is 2.87. The van der Waals surface area contributed by atoms with Crippen molar-refractivity contribution in [2.75, 3.05) is 0 Å². The van der Waals surface area contributed by atoms with E-state index in [9.17, 15) is 4.79 Å². The van der Waals surface area contributed by atoms with Crippen LogP contribution in [0.4, 0.5) is 0 Å². The van der Waals surface area contributed by atoms with Gasteiger partial charge < -0.3 is 10.1 Å². The van der Waals surface area contributed by atoms with Gasteiger partial charge in [-0.15, -0.1) is 0 Å². The van der Waals surface area contributed by atoms with E-state index < -0.39 is 0 Å². The normalized spacial score (nSPS) is 10.4. The van der Waals surface area contributed by atoms with Gasteiger partial charge in [0.2, 0.25) is 5.88 Å². The number of amides is 1. The highest BCUT2D eigenvalue weighted by molar-refractivity contribution is 5.93. The molecule has 3 aromatic heterocycles. The van der Waals surface area contributed by atoms with E-state index in [0.29, 0.717) is 23.7 Å². The number of hydrogen-bond acceptors (Lipinski definition) is 5. The third-order valence-corrected chi connectivity index (χ3v) is 4.43. The molecule has 0 radical (unpaired) electrons. The zero-order valence-electron chi connectivity index (χ0n) is 16.4. The van der Waals surface area contributed by atoms with Crippen molar-refractivity contribution < 1.29 is 9.53 Å². The Balaban J connectivity index is 1.34. The zero-order valence-corrected chi connectivity index (χ0v) is 16.4. The molecule has 1 N–H and O–H groups in total. The molecule has 0 aliphatic carbocycles. The number of nitrogens with zero attached hydrogens (tertiary/aromatic N) is 3. The summed E-state index contributed by atoms with van der Waals surface area (Å²) in [5.74, 6) is 0.923. The molecular weight excluding hydrogens is 376 g/mol. The average Bonchev–Trinajstić information content (AvgIpc) is 2.79. The summed E-state index contributed by atoms with van der Waals surface area (Å²) in [6.07, 6.45) is 5.03. The molecule has 148 valence electrons. The maximum atomic E-state index is 12.4. The minimum Gasteiger partial charge on any atom is -0.439 e. The van der Waals surface area contributed by atoms with Gasteiger partial charge in [-0.2, -0.15) is 0 Å².